The van der Waals surface area contributed by atoms with Gasteiger partial charge in [0.2, 0.25) is 0 Å². The van der Waals surface area contributed by atoms with E-state index in [9.17, 15) is 9.59 Å². The summed E-state index contributed by atoms with van der Waals surface area (Å²) in [6.45, 7) is 10.5. The van der Waals surface area contributed by atoms with Crippen LogP contribution in [0.1, 0.15) is 70.6 Å². The molecule has 7 heteroatoms. The molecule has 1 fully saturated rings. The standard InChI is InChI=1S/C30H32N4O3/c1-7-19-15(4)21-11-18-9-8-17(31-18)10-20-13(2)14(3)27(33-20)25-26(30(36)37-6)29(35)24-16(5)22(34-28(24)25)12-23(19)32-21/h8-14,26,31-34H,7H2,1-6H3/b20-10-,21-11-,23-12-,27-25-/t13-,14-,26+/m0/s1. The van der Waals surface area contributed by atoms with Gasteiger partial charge in [-0.05, 0) is 67.3 Å². The lowest BCUT2D eigenvalue weighted by molar-refractivity contribution is -0.141. The number of nitrogens with one attached hydrogen (secondary N) is 4. The Bertz CT molecular complexity index is 1670. The Morgan fingerprint density at radius 2 is 1.68 bits per heavy atom. The second-order valence-electron chi connectivity index (χ2n) is 10.4. The molecule has 0 aromatic carbocycles. The highest BCUT2D eigenvalue weighted by Gasteiger charge is 2.47. The Labute approximate surface area is 215 Å². The number of hydrogen-bond donors (Lipinski definition) is 4. The van der Waals surface area contributed by atoms with Crippen LogP contribution in [0.4, 0.5) is 0 Å². The Kier molecular flexibility index (Phi) is 5.23. The van der Waals surface area contributed by atoms with Crippen LogP contribution in [-0.2, 0) is 16.0 Å². The van der Waals surface area contributed by atoms with Gasteiger partial charge in [0.1, 0.15) is 5.92 Å². The third kappa shape index (κ3) is 3.33. The summed E-state index contributed by atoms with van der Waals surface area (Å²) in [7, 11) is 1.34. The molecule has 190 valence electrons. The van der Waals surface area contributed by atoms with E-state index in [2.05, 4.69) is 78.3 Å². The predicted octanol–water partition coefficient (Wildman–Crippen LogP) is 3.43. The molecule has 3 aromatic rings. The van der Waals surface area contributed by atoms with E-state index in [1.54, 1.807) is 0 Å². The van der Waals surface area contributed by atoms with E-state index < -0.39 is 11.9 Å². The van der Waals surface area contributed by atoms with E-state index in [-0.39, 0.29) is 17.6 Å². The number of Topliss-reactive ketones (excluding diaryl/α,β-unsaturated/α-hetero) is 1. The van der Waals surface area contributed by atoms with Crippen molar-refractivity contribution < 1.29 is 14.3 Å². The van der Waals surface area contributed by atoms with Crippen molar-refractivity contribution in [1.29, 1.82) is 0 Å². The maximum absolute atomic E-state index is 13.7. The van der Waals surface area contributed by atoms with Gasteiger partial charge in [-0.15, -0.1) is 0 Å². The fourth-order valence-electron chi connectivity index (χ4n) is 6.17. The van der Waals surface area contributed by atoms with E-state index >= 15 is 0 Å². The molecule has 0 saturated carbocycles. The summed E-state index contributed by atoms with van der Waals surface area (Å²) in [5, 5.41) is 5.67. The Morgan fingerprint density at radius 1 is 0.946 bits per heavy atom. The molecule has 7 nitrogen and oxygen atoms in total. The van der Waals surface area contributed by atoms with Gasteiger partial charge >= 0.3 is 5.97 Å². The number of methoxy groups -OCH3 is 1. The number of aromatic amines is 3. The molecule has 4 N–H and O–H groups in total. The minimum absolute atomic E-state index is 0.0831. The van der Waals surface area contributed by atoms with E-state index in [0.29, 0.717) is 16.8 Å². The van der Waals surface area contributed by atoms with Crippen LogP contribution in [0.3, 0.4) is 0 Å². The topological polar surface area (TPSA) is 103 Å². The quantitative estimate of drug-likeness (QED) is 0.322. The fraction of sp³-hybridized carbons (Fsp3) is 0.333. The minimum Gasteiger partial charge on any atom is -0.468 e. The summed E-state index contributed by atoms with van der Waals surface area (Å²) in [6, 6.07) is 4.15. The molecular formula is C30H32N4O3. The maximum Gasteiger partial charge on any atom is 0.321 e. The number of carbonyl (C=O) groups excluding carboxylic acids is 2. The number of allylic oxidation sites excluding steroid dienone is 2. The first-order valence-corrected chi connectivity index (χ1v) is 12.9. The molecule has 2 aliphatic heterocycles. The van der Waals surface area contributed by atoms with Gasteiger partial charge in [-0.1, -0.05) is 20.8 Å². The summed E-state index contributed by atoms with van der Waals surface area (Å²) in [5.41, 5.74) is 10.1. The second kappa shape index (κ2) is 8.26. The van der Waals surface area contributed by atoms with Gasteiger partial charge < -0.3 is 25.0 Å². The highest BCUT2D eigenvalue weighted by atomic mass is 16.5. The Balaban J connectivity index is 1.71. The van der Waals surface area contributed by atoms with Crippen LogP contribution in [0.15, 0.2) is 23.5 Å². The van der Waals surface area contributed by atoms with Gasteiger partial charge in [-0.2, -0.15) is 0 Å². The molecule has 8 bridgehead atoms. The molecule has 5 heterocycles. The normalized spacial score (nSPS) is 27.1. The summed E-state index contributed by atoms with van der Waals surface area (Å²) in [4.78, 5) is 37.3. The number of aromatic nitrogens is 3. The van der Waals surface area contributed by atoms with Gasteiger partial charge in [0.05, 0.1) is 12.8 Å². The van der Waals surface area contributed by atoms with Gasteiger partial charge in [0.25, 0.3) is 0 Å². The van der Waals surface area contributed by atoms with Crippen molar-refractivity contribution in [3.63, 3.8) is 0 Å². The van der Waals surface area contributed by atoms with Gasteiger partial charge in [0.15, 0.2) is 5.78 Å². The van der Waals surface area contributed by atoms with Crippen molar-refractivity contribution in [2.75, 3.05) is 7.11 Å². The van der Waals surface area contributed by atoms with Gasteiger partial charge in [-0.3, -0.25) is 9.59 Å². The summed E-state index contributed by atoms with van der Waals surface area (Å²) in [6.07, 6.45) is 7.22. The van der Waals surface area contributed by atoms with Crippen molar-refractivity contribution in [1.82, 2.24) is 20.3 Å². The Hall–Kier alpha value is -4.00. The molecular weight excluding hydrogens is 464 g/mol. The highest BCUT2D eigenvalue weighted by molar-refractivity contribution is 6.24. The van der Waals surface area contributed by atoms with Crippen molar-refractivity contribution in [2.24, 2.45) is 17.8 Å². The number of carbonyl (C=O) groups is 2. The molecule has 6 rings (SSSR count). The first-order valence-electron chi connectivity index (χ1n) is 12.9. The SMILES string of the molecule is CCc1c(C)/c2[nH]/c1=C\c1[nH]c3c(c1C)C(=O)[C@H](C(=O)OC)/C3=C1/N/C(=C\c3ccc([nH]3)\C=2)[C@@H](C)[C@@H]1C. The number of H-pyrrole nitrogens is 3. The van der Waals surface area contributed by atoms with Crippen LogP contribution in [0.5, 0.6) is 0 Å². The zero-order chi connectivity index (χ0) is 26.2. The lowest BCUT2D eigenvalue weighted by atomic mass is 9.89. The molecule has 0 spiro atoms. The molecule has 0 amide bonds. The predicted molar refractivity (Wildman–Crippen MR) is 144 cm³/mol. The van der Waals surface area contributed by atoms with E-state index in [4.69, 9.17) is 4.74 Å². The van der Waals surface area contributed by atoms with Crippen molar-refractivity contribution in [3.8, 4) is 0 Å². The molecule has 3 atom stereocenters. The number of fused-ring (bicyclic) bond motifs is 7. The number of ketones is 1. The smallest absolute Gasteiger partial charge is 0.321 e. The molecule has 1 saturated heterocycles. The molecule has 0 radical (unpaired) electrons. The summed E-state index contributed by atoms with van der Waals surface area (Å²) < 4.78 is 5.12. The minimum atomic E-state index is -0.980. The van der Waals surface area contributed by atoms with E-state index in [1.807, 2.05) is 6.92 Å². The third-order valence-corrected chi connectivity index (χ3v) is 8.49. The highest BCUT2D eigenvalue weighted by Crippen LogP contribution is 2.46. The number of esters is 1. The Morgan fingerprint density at radius 3 is 2.38 bits per heavy atom. The molecule has 1 aliphatic carbocycles. The van der Waals surface area contributed by atoms with Crippen LogP contribution < -0.4 is 16.0 Å². The van der Waals surface area contributed by atoms with Gasteiger partial charge in [0, 0.05) is 62.1 Å². The number of hydrogen-bond acceptors (Lipinski definition) is 4. The van der Waals surface area contributed by atoms with Crippen molar-refractivity contribution in [2.45, 2.75) is 41.0 Å². The van der Waals surface area contributed by atoms with Crippen molar-refractivity contribution >= 4 is 35.6 Å². The lowest BCUT2D eigenvalue weighted by Gasteiger charge is -2.16. The van der Waals surface area contributed by atoms with Crippen LogP contribution in [-0.4, -0.2) is 33.8 Å². The van der Waals surface area contributed by atoms with Crippen LogP contribution in [0.25, 0.3) is 23.8 Å². The monoisotopic (exact) mass is 496 g/mol. The molecule has 3 aliphatic rings. The average Bonchev–Trinajstić information content (AvgIpc) is 3.64. The van der Waals surface area contributed by atoms with E-state index in [1.165, 1.54) is 18.2 Å². The molecule has 3 aromatic heterocycles. The molecule has 0 unspecified atom stereocenters. The zero-order valence-corrected chi connectivity index (χ0v) is 22.1. The number of ether oxygens (including phenoxy) is 1. The second-order valence-corrected chi connectivity index (χ2v) is 10.4. The summed E-state index contributed by atoms with van der Waals surface area (Å²) >= 11 is 0. The van der Waals surface area contributed by atoms with Crippen LogP contribution >= 0.6 is 0 Å². The lowest BCUT2D eigenvalue weighted by Crippen LogP contribution is -2.24. The first kappa shape index (κ1) is 23.4. The summed E-state index contributed by atoms with van der Waals surface area (Å²) in [5.74, 6) is -1.46. The van der Waals surface area contributed by atoms with Crippen molar-refractivity contribution in [3.05, 3.63) is 79.3 Å². The van der Waals surface area contributed by atoms with Gasteiger partial charge in [-0.25, -0.2) is 0 Å². The molecule has 37 heavy (non-hydrogen) atoms. The van der Waals surface area contributed by atoms with Crippen LogP contribution in [0, 0.1) is 31.6 Å². The maximum atomic E-state index is 13.7. The fourth-order valence-corrected chi connectivity index (χ4v) is 6.17. The number of rotatable bonds is 2. The average molecular weight is 497 g/mol. The first-order chi connectivity index (χ1) is 17.7. The third-order valence-electron chi connectivity index (χ3n) is 8.49. The van der Waals surface area contributed by atoms with E-state index in [0.717, 1.165) is 51.2 Å². The van der Waals surface area contributed by atoms with Crippen LogP contribution in [0.2, 0.25) is 0 Å². The largest absolute Gasteiger partial charge is 0.468 e. The zero-order valence-electron chi connectivity index (χ0n) is 22.1.